The molecule has 0 heterocycles. The molecule has 0 aliphatic heterocycles. The van der Waals surface area contributed by atoms with Crippen molar-refractivity contribution in [2.24, 2.45) is 10.9 Å². The predicted octanol–water partition coefficient (Wildman–Crippen LogP) is 3.54. The fraction of sp³-hybridized carbons (Fsp3) is 0.474. The first-order valence-electron chi connectivity index (χ1n) is 9.07. The van der Waals surface area contributed by atoms with Gasteiger partial charge in [0, 0.05) is 18.3 Å². The van der Waals surface area contributed by atoms with Crippen molar-refractivity contribution in [2.75, 3.05) is 20.3 Å². The smallest absolute Gasteiger partial charge is 0.423 e. The van der Waals surface area contributed by atoms with E-state index in [4.69, 9.17) is 9.47 Å². The van der Waals surface area contributed by atoms with Crippen LogP contribution in [0.2, 0.25) is 0 Å². The number of benzene rings is 1. The van der Waals surface area contributed by atoms with Crippen molar-refractivity contribution >= 4 is 23.6 Å². The van der Waals surface area contributed by atoms with Gasteiger partial charge in [-0.3, -0.25) is 15.1 Å². The molecule has 1 atom stereocenters. The van der Waals surface area contributed by atoms with Crippen LogP contribution in [0.15, 0.2) is 22.7 Å². The number of carbonyl (C=O) groups excluding carboxylic acids is 1. The Kier molecular flexibility index (Phi) is 8.98. The Morgan fingerprint density at radius 1 is 1.35 bits per heavy atom. The van der Waals surface area contributed by atoms with Crippen LogP contribution in [0.1, 0.15) is 31.9 Å². The van der Waals surface area contributed by atoms with E-state index < -0.39 is 57.0 Å². The van der Waals surface area contributed by atoms with Gasteiger partial charge in [0.25, 0.3) is 5.69 Å². The van der Waals surface area contributed by atoms with Gasteiger partial charge in [-0.25, -0.2) is 4.79 Å². The topological polar surface area (TPSA) is 131 Å². The van der Waals surface area contributed by atoms with Gasteiger partial charge in [-0.2, -0.15) is 13.2 Å². The number of methoxy groups -OCH3 is 1. The molecule has 31 heavy (non-hydrogen) atoms. The summed E-state index contributed by atoms with van der Waals surface area (Å²) in [6, 6.07) is 0.158. The van der Waals surface area contributed by atoms with Crippen LogP contribution < -0.4 is 4.74 Å². The minimum absolute atomic E-state index is 0.0959. The van der Waals surface area contributed by atoms with Crippen LogP contribution in [-0.2, 0) is 15.7 Å². The number of halogens is 3. The van der Waals surface area contributed by atoms with E-state index in [2.05, 4.69) is 4.99 Å². The summed E-state index contributed by atoms with van der Waals surface area (Å²) >= 11 is 0. The molecule has 0 fully saturated rings. The van der Waals surface area contributed by atoms with Crippen molar-refractivity contribution in [2.45, 2.75) is 33.0 Å². The molecule has 0 unspecified atom stereocenters. The Balaban J connectivity index is 3.81. The normalized spacial score (nSPS) is 13.8. The first kappa shape index (κ1) is 25.9. The number of hydrogen-bond donors (Lipinski definition) is 2. The van der Waals surface area contributed by atoms with Gasteiger partial charge in [0.05, 0.1) is 36.9 Å². The van der Waals surface area contributed by atoms with E-state index in [1.165, 1.54) is 6.92 Å². The molecule has 0 spiro atoms. The second-order valence-corrected chi connectivity index (χ2v) is 6.58. The summed E-state index contributed by atoms with van der Waals surface area (Å²) in [4.78, 5) is 26.3. The Hall–Kier alpha value is -3.15. The highest BCUT2D eigenvalue weighted by atomic mass is 19.4. The summed E-state index contributed by atoms with van der Waals surface area (Å²) in [6.07, 6.45) is -4.16. The molecule has 1 aromatic rings. The Morgan fingerprint density at radius 3 is 2.39 bits per heavy atom. The molecule has 0 aromatic heterocycles. The van der Waals surface area contributed by atoms with Crippen LogP contribution in [0.25, 0.3) is 5.76 Å². The lowest BCUT2D eigenvalue weighted by molar-refractivity contribution is -0.388. The average Bonchev–Trinajstić information content (AvgIpc) is 2.68. The molecular weight excluding hydrogens is 425 g/mol. The molecule has 12 heteroatoms. The number of hydrogen-bond acceptors (Lipinski definition) is 8. The SMILES string of the molecule is CCOC(=O)C(C=N[C@H](CO)C(C)C)=C(O)c1cc([N+](=O)[O-])c(C(F)(F)F)cc1OC. The summed E-state index contributed by atoms with van der Waals surface area (Å²) in [7, 11) is 0.997. The average molecular weight is 448 g/mol. The van der Waals surface area contributed by atoms with Crippen LogP contribution in [0, 0.1) is 16.0 Å². The van der Waals surface area contributed by atoms with E-state index in [-0.39, 0.29) is 19.1 Å². The highest BCUT2D eigenvalue weighted by Gasteiger charge is 2.40. The maximum atomic E-state index is 13.2. The first-order chi connectivity index (χ1) is 14.4. The maximum Gasteiger partial charge on any atom is 0.423 e. The number of aliphatic imine (C=N–C) groups is 1. The quantitative estimate of drug-likeness (QED) is 0.147. The van der Waals surface area contributed by atoms with Crippen LogP contribution >= 0.6 is 0 Å². The summed E-state index contributed by atoms with van der Waals surface area (Å²) in [5, 5.41) is 31.2. The molecule has 0 bridgehead atoms. The lowest BCUT2D eigenvalue weighted by atomic mass is 10.0. The number of rotatable bonds is 9. The van der Waals surface area contributed by atoms with Gasteiger partial charge in [-0.05, 0) is 12.8 Å². The second-order valence-electron chi connectivity index (χ2n) is 6.58. The van der Waals surface area contributed by atoms with Crippen LogP contribution in [-0.4, -0.2) is 53.7 Å². The van der Waals surface area contributed by atoms with Crippen molar-refractivity contribution in [1.29, 1.82) is 0 Å². The van der Waals surface area contributed by atoms with E-state index in [0.29, 0.717) is 12.1 Å². The molecule has 0 saturated heterocycles. The Labute approximate surface area is 176 Å². The van der Waals surface area contributed by atoms with Gasteiger partial charge in [0.1, 0.15) is 22.6 Å². The number of carbonyl (C=O) groups is 1. The zero-order valence-electron chi connectivity index (χ0n) is 17.3. The second kappa shape index (κ2) is 10.8. The molecule has 2 N–H and O–H groups in total. The molecular formula is C19H23F3N2O7. The number of nitro groups is 1. The molecule has 172 valence electrons. The lowest BCUT2D eigenvalue weighted by Crippen LogP contribution is -2.19. The highest BCUT2D eigenvalue weighted by molar-refractivity contribution is 6.15. The van der Waals surface area contributed by atoms with E-state index >= 15 is 0 Å². The zero-order chi connectivity index (χ0) is 23.9. The Bertz CT molecular complexity index is 880. The predicted molar refractivity (Wildman–Crippen MR) is 105 cm³/mol. The molecule has 0 amide bonds. The van der Waals surface area contributed by atoms with Crippen LogP contribution in [0.3, 0.4) is 0 Å². The van der Waals surface area contributed by atoms with Crippen molar-refractivity contribution in [3.05, 3.63) is 38.9 Å². The third-order valence-corrected chi connectivity index (χ3v) is 4.18. The van der Waals surface area contributed by atoms with Gasteiger partial charge in [-0.15, -0.1) is 0 Å². The molecule has 1 rings (SSSR count). The molecule has 9 nitrogen and oxygen atoms in total. The van der Waals surface area contributed by atoms with Crippen molar-refractivity contribution < 1.29 is 42.6 Å². The maximum absolute atomic E-state index is 13.2. The van der Waals surface area contributed by atoms with E-state index in [1.807, 2.05) is 0 Å². The fourth-order valence-corrected chi connectivity index (χ4v) is 2.47. The number of nitro benzene ring substituents is 1. The van der Waals surface area contributed by atoms with Crippen molar-refractivity contribution in [3.63, 3.8) is 0 Å². The summed E-state index contributed by atoms with van der Waals surface area (Å²) in [5.41, 5.74) is -4.04. The monoisotopic (exact) mass is 448 g/mol. The van der Waals surface area contributed by atoms with Gasteiger partial charge >= 0.3 is 12.1 Å². The number of alkyl halides is 3. The highest BCUT2D eigenvalue weighted by Crippen LogP contribution is 2.41. The number of aliphatic hydroxyl groups excluding tert-OH is 2. The largest absolute Gasteiger partial charge is 0.506 e. The molecule has 0 saturated carbocycles. The third kappa shape index (κ3) is 6.41. The Morgan fingerprint density at radius 2 is 1.97 bits per heavy atom. The fourth-order valence-electron chi connectivity index (χ4n) is 2.47. The lowest BCUT2D eigenvalue weighted by Gasteiger charge is -2.15. The standard InChI is InChI=1S/C19H23F3N2O7/c1-5-31-18(27)12(8-23-14(9-25)10(2)3)17(26)11-6-15(24(28)29)13(19(20,21)22)7-16(11)30-4/h6-8,10,14,25-26H,5,9H2,1-4H3/t14-/m1/s1. The van der Waals surface area contributed by atoms with Gasteiger partial charge in [0.2, 0.25) is 0 Å². The van der Waals surface area contributed by atoms with E-state index in [1.54, 1.807) is 13.8 Å². The van der Waals surface area contributed by atoms with Gasteiger partial charge in [-0.1, -0.05) is 13.8 Å². The third-order valence-electron chi connectivity index (χ3n) is 4.18. The summed E-state index contributed by atoms with van der Waals surface area (Å²) < 4.78 is 49.3. The van der Waals surface area contributed by atoms with Gasteiger partial charge in [0.15, 0.2) is 0 Å². The molecule has 0 radical (unpaired) electrons. The molecule has 0 aliphatic carbocycles. The number of nitrogens with zero attached hydrogens (tertiary/aromatic N) is 2. The summed E-state index contributed by atoms with van der Waals surface area (Å²) in [6.45, 7) is 4.50. The number of esters is 1. The molecule has 1 aromatic carbocycles. The van der Waals surface area contributed by atoms with E-state index in [9.17, 15) is 38.3 Å². The van der Waals surface area contributed by atoms with Crippen LogP contribution in [0.5, 0.6) is 5.75 Å². The number of aliphatic hydroxyl groups is 2. The molecule has 0 aliphatic rings. The zero-order valence-corrected chi connectivity index (χ0v) is 17.3. The summed E-state index contributed by atoms with van der Waals surface area (Å²) in [5.74, 6) is -2.72. The number of ether oxygens (including phenoxy) is 2. The minimum Gasteiger partial charge on any atom is -0.506 e. The first-order valence-corrected chi connectivity index (χ1v) is 9.07. The van der Waals surface area contributed by atoms with Crippen molar-refractivity contribution in [3.8, 4) is 5.75 Å². The minimum atomic E-state index is -5.06. The van der Waals surface area contributed by atoms with E-state index in [0.717, 1.165) is 13.3 Å². The van der Waals surface area contributed by atoms with Crippen molar-refractivity contribution in [1.82, 2.24) is 0 Å². The van der Waals surface area contributed by atoms with Crippen LogP contribution in [0.4, 0.5) is 18.9 Å². The van der Waals surface area contributed by atoms with Gasteiger partial charge < -0.3 is 19.7 Å².